The van der Waals surface area contributed by atoms with E-state index >= 15 is 0 Å². The van der Waals surface area contributed by atoms with Crippen molar-refractivity contribution in [2.24, 2.45) is 0 Å². The Morgan fingerprint density at radius 3 is 2.46 bits per heavy atom. The van der Waals surface area contributed by atoms with Crippen molar-refractivity contribution in [2.75, 3.05) is 7.11 Å². The number of rotatable bonds is 4. The summed E-state index contributed by atoms with van der Waals surface area (Å²) in [5, 5.41) is 10.6. The zero-order chi connectivity index (χ0) is 26.7. The van der Waals surface area contributed by atoms with Crippen molar-refractivity contribution in [1.82, 2.24) is 29.4 Å². The van der Waals surface area contributed by atoms with Crippen LogP contribution in [0.25, 0.3) is 22.7 Å². The lowest BCUT2D eigenvalue weighted by Crippen LogP contribution is -2.16. The molecule has 6 aromatic rings. The smallest absolute Gasteiger partial charge is 0.230 e. The molecule has 0 saturated heterocycles. The molecule has 1 aliphatic rings. The largest absolute Gasteiger partial charge is 0.497 e. The van der Waals surface area contributed by atoms with Gasteiger partial charge in [-0.05, 0) is 55.0 Å². The van der Waals surface area contributed by atoms with Gasteiger partial charge in [0.1, 0.15) is 12.1 Å². The molecule has 0 N–H and O–H groups in total. The number of aryl methyl sites for hydroxylation is 1. The van der Waals surface area contributed by atoms with Gasteiger partial charge in [0.15, 0.2) is 11.5 Å². The number of fused-ring (bicyclic) bond motifs is 4. The second-order valence-corrected chi connectivity index (χ2v) is 9.99. The van der Waals surface area contributed by atoms with Crippen LogP contribution in [-0.2, 0) is 0 Å². The maximum absolute atomic E-state index is 6.50. The average Bonchev–Trinajstić information content (AvgIpc) is 3.53. The molecule has 0 bridgehead atoms. The van der Waals surface area contributed by atoms with Crippen LogP contribution in [0.2, 0.25) is 10.0 Å². The molecule has 0 fully saturated rings. The van der Waals surface area contributed by atoms with E-state index in [9.17, 15) is 0 Å². The van der Waals surface area contributed by atoms with Gasteiger partial charge in [0, 0.05) is 10.6 Å². The first-order valence-electron chi connectivity index (χ1n) is 12.2. The maximum Gasteiger partial charge on any atom is 0.230 e. The van der Waals surface area contributed by atoms with Gasteiger partial charge in [0.05, 0.1) is 40.6 Å². The third-order valence-corrected chi connectivity index (χ3v) is 7.39. The van der Waals surface area contributed by atoms with Crippen LogP contribution in [-0.4, -0.2) is 36.5 Å². The second-order valence-electron chi connectivity index (χ2n) is 9.15. The molecule has 7 rings (SSSR count). The number of benzene rings is 3. The standard InChI is InChI=1S/C29H20Cl2N6O2/c1-16-23-24(17-8-11-20(38-2)12-9-17)25-27-33-26(21-13-10-18(30)14-22(21)31)35-36(27)15-32-28(25)39-29(23)37(34-16)19-6-4-3-5-7-19/h3-15,24H,1-2H3/t24-/m1/s1. The highest BCUT2D eigenvalue weighted by Gasteiger charge is 2.38. The van der Waals surface area contributed by atoms with E-state index in [0.717, 1.165) is 33.8 Å². The summed E-state index contributed by atoms with van der Waals surface area (Å²) in [5.41, 5.74) is 5.74. The summed E-state index contributed by atoms with van der Waals surface area (Å²) in [6.07, 6.45) is 1.60. The number of hydrogen-bond acceptors (Lipinski definition) is 6. The van der Waals surface area contributed by atoms with Crippen LogP contribution in [0, 0.1) is 6.92 Å². The summed E-state index contributed by atoms with van der Waals surface area (Å²) in [7, 11) is 1.65. The fourth-order valence-electron chi connectivity index (χ4n) is 5.04. The monoisotopic (exact) mass is 554 g/mol. The maximum atomic E-state index is 6.50. The summed E-state index contributed by atoms with van der Waals surface area (Å²) in [6.45, 7) is 1.99. The first-order chi connectivity index (χ1) is 19.0. The molecule has 0 unspecified atom stereocenters. The molecule has 0 amide bonds. The summed E-state index contributed by atoms with van der Waals surface area (Å²) >= 11 is 12.6. The SMILES string of the molecule is COc1ccc([C@@H]2c3c(C)nn(-c4ccccc4)c3Oc3ncn4nc(-c5ccc(Cl)cc5Cl)nc4c32)cc1. The quantitative estimate of drug-likeness (QED) is 0.236. The minimum Gasteiger partial charge on any atom is -0.497 e. The Labute approximate surface area is 233 Å². The summed E-state index contributed by atoms with van der Waals surface area (Å²) in [4.78, 5) is 9.58. The molecule has 10 heteroatoms. The number of hydrogen-bond donors (Lipinski definition) is 0. The lowest BCUT2D eigenvalue weighted by atomic mass is 9.84. The number of para-hydroxylation sites is 1. The fraction of sp³-hybridized carbons (Fsp3) is 0.103. The lowest BCUT2D eigenvalue weighted by molar-refractivity contribution is 0.402. The Morgan fingerprint density at radius 2 is 1.72 bits per heavy atom. The Bertz CT molecular complexity index is 1870. The molecule has 0 saturated carbocycles. The van der Waals surface area contributed by atoms with E-state index in [1.54, 1.807) is 30.1 Å². The zero-order valence-electron chi connectivity index (χ0n) is 20.8. The highest BCUT2D eigenvalue weighted by atomic mass is 35.5. The van der Waals surface area contributed by atoms with Gasteiger partial charge < -0.3 is 9.47 Å². The van der Waals surface area contributed by atoms with Gasteiger partial charge in [-0.25, -0.2) is 19.2 Å². The topological polar surface area (TPSA) is 79.4 Å². The molecule has 192 valence electrons. The Hall–Kier alpha value is -4.40. The van der Waals surface area contributed by atoms with Gasteiger partial charge in [-0.1, -0.05) is 53.5 Å². The highest BCUT2D eigenvalue weighted by Crippen LogP contribution is 2.50. The van der Waals surface area contributed by atoms with Gasteiger partial charge in [-0.15, -0.1) is 5.10 Å². The molecule has 0 aliphatic carbocycles. The molecule has 3 aromatic heterocycles. The first kappa shape index (κ1) is 23.7. The molecule has 0 spiro atoms. The van der Waals surface area contributed by atoms with Crippen LogP contribution >= 0.6 is 23.2 Å². The predicted molar refractivity (Wildman–Crippen MR) is 149 cm³/mol. The van der Waals surface area contributed by atoms with Crippen LogP contribution in [0.15, 0.2) is 79.1 Å². The lowest BCUT2D eigenvalue weighted by Gasteiger charge is -2.26. The molecular formula is C29H20Cl2N6O2. The van der Waals surface area contributed by atoms with Crippen molar-refractivity contribution in [3.63, 3.8) is 0 Å². The number of ether oxygens (including phenoxy) is 2. The molecule has 8 nitrogen and oxygen atoms in total. The fourth-order valence-corrected chi connectivity index (χ4v) is 5.53. The third-order valence-electron chi connectivity index (χ3n) is 6.84. The number of methoxy groups -OCH3 is 1. The molecular weight excluding hydrogens is 535 g/mol. The van der Waals surface area contributed by atoms with E-state index in [4.69, 9.17) is 42.8 Å². The number of aromatic nitrogens is 6. The second kappa shape index (κ2) is 9.11. The Morgan fingerprint density at radius 1 is 0.923 bits per heavy atom. The molecule has 39 heavy (non-hydrogen) atoms. The average molecular weight is 555 g/mol. The predicted octanol–water partition coefficient (Wildman–Crippen LogP) is 6.89. The summed E-state index contributed by atoms with van der Waals surface area (Å²) < 4.78 is 15.4. The Kier molecular flexibility index (Phi) is 5.54. The third kappa shape index (κ3) is 3.83. The molecule has 4 heterocycles. The van der Waals surface area contributed by atoms with Crippen LogP contribution < -0.4 is 9.47 Å². The molecule has 3 aromatic carbocycles. The molecule has 1 aliphatic heterocycles. The van der Waals surface area contributed by atoms with Crippen LogP contribution in [0.4, 0.5) is 0 Å². The van der Waals surface area contributed by atoms with Gasteiger partial charge in [0.25, 0.3) is 0 Å². The van der Waals surface area contributed by atoms with Gasteiger partial charge >= 0.3 is 0 Å². The van der Waals surface area contributed by atoms with Crippen LogP contribution in [0.1, 0.15) is 28.3 Å². The van der Waals surface area contributed by atoms with Crippen LogP contribution in [0.5, 0.6) is 17.5 Å². The minimum atomic E-state index is -0.277. The normalized spacial score (nSPS) is 14.1. The van der Waals surface area contributed by atoms with Crippen molar-refractivity contribution < 1.29 is 9.47 Å². The van der Waals surface area contributed by atoms with Gasteiger partial charge in [0.2, 0.25) is 11.8 Å². The van der Waals surface area contributed by atoms with Crippen molar-refractivity contribution in [1.29, 1.82) is 0 Å². The van der Waals surface area contributed by atoms with E-state index in [1.807, 2.05) is 72.3 Å². The Balaban J connectivity index is 1.48. The van der Waals surface area contributed by atoms with Crippen molar-refractivity contribution >= 4 is 28.8 Å². The van der Waals surface area contributed by atoms with Gasteiger partial charge in [-0.2, -0.15) is 5.10 Å². The number of nitrogens with zero attached hydrogens (tertiary/aromatic N) is 6. The van der Waals surface area contributed by atoms with Gasteiger partial charge in [-0.3, -0.25) is 0 Å². The van der Waals surface area contributed by atoms with E-state index in [2.05, 4.69) is 10.1 Å². The van der Waals surface area contributed by atoms with E-state index < -0.39 is 0 Å². The van der Waals surface area contributed by atoms with Crippen molar-refractivity contribution in [3.8, 4) is 34.6 Å². The van der Waals surface area contributed by atoms with Crippen molar-refractivity contribution in [2.45, 2.75) is 12.8 Å². The van der Waals surface area contributed by atoms with E-state index in [0.29, 0.717) is 38.8 Å². The molecule has 1 atom stereocenters. The van der Waals surface area contributed by atoms with Crippen molar-refractivity contribution in [3.05, 3.63) is 112 Å². The molecule has 0 radical (unpaired) electrons. The summed E-state index contributed by atoms with van der Waals surface area (Å²) in [6, 6.07) is 23.1. The number of halogens is 2. The van der Waals surface area contributed by atoms with Crippen LogP contribution in [0.3, 0.4) is 0 Å². The van der Waals surface area contributed by atoms with E-state index in [-0.39, 0.29) is 5.92 Å². The van der Waals surface area contributed by atoms with E-state index in [1.165, 1.54) is 0 Å². The summed E-state index contributed by atoms with van der Waals surface area (Å²) in [5.74, 6) is 2.00. The zero-order valence-corrected chi connectivity index (χ0v) is 22.4. The highest BCUT2D eigenvalue weighted by molar-refractivity contribution is 6.36. The first-order valence-corrected chi connectivity index (χ1v) is 12.9. The minimum absolute atomic E-state index is 0.277.